The van der Waals surface area contributed by atoms with Crippen LogP contribution >= 0.6 is 17.9 Å². The monoisotopic (exact) mass is 220 g/mol. The van der Waals surface area contributed by atoms with E-state index in [0.29, 0.717) is 5.75 Å². The summed E-state index contributed by atoms with van der Waals surface area (Å²) in [4.78, 5) is 9.16. The molecule has 1 atom stereocenters. The van der Waals surface area contributed by atoms with E-state index < -0.39 is 5.69 Å². The molecule has 5 heteroatoms. The third-order valence-electron chi connectivity index (χ3n) is 1.31. The zero-order chi connectivity index (χ0) is 9.19. The largest absolute Gasteiger partial charge is 0.436 e. The van der Waals surface area contributed by atoms with Crippen molar-refractivity contribution in [3.63, 3.8) is 0 Å². The van der Waals surface area contributed by atoms with Gasteiger partial charge in [-0.2, -0.15) is 0 Å². The number of thiol groups is 1. The van der Waals surface area contributed by atoms with E-state index in [4.69, 9.17) is 9.42 Å². The minimum Gasteiger partial charge on any atom is -0.436 e. The van der Waals surface area contributed by atoms with Gasteiger partial charge >= 0.3 is 0 Å². The number of hydrogen-bond donors (Lipinski definition) is 2. The summed E-state index contributed by atoms with van der Waals surface area (Å²) < 4.78 is 5.08. The lowest BCUT2D eigenvalue weighted by molar-refractivity contribution is 0.502. The summed E-state index contributed by atoms with van der Waals surface area (Å²) in [5, 5.41) is 0. The molecule has 0 fully saturated rings. The molecule has 0 bridgehead atoms. The summed E-state index contributed by atoms with van der Waals surface area (Å²) in [6, 6.07) is 7.35. The number of aryl methyl sites for hydroxylation is 1. The molecule has 66 valence electrons. The molecular weight excluding hydrogens is 211 g/mol. The molecule has 0 saturated heterocycles. The van der Waals surface area contributed by atoms with Crippen molar-refractivity contribution in [1.29, 1.82) is 0 Å². The molecule has 0 aliphatic rings. The molecule has 12 heavy (non-hydrogen) atoms. The second-order valence-electron chi connectivity index (χ2n) is 2.35. The highest BCUT2D eigenvalue weighted by Gasteiger charge is 2.08. The molecule has 1 aromatic carbocycles. The summed E-state index contributed by atoms with van der Waals surface area (Å²) >= 11 is 8.41. The predicted octanol–water partition coefficient (Wildman–Crippen LogP) is 2.52. The Morgan fingerprint density at radius 1 is 1.50 bits per heavy atom. The number of para-hydroxylation sites is 1. The number of hydrogen-bond acceptors (Lipinski definition) is 2. The van der Waals surface area contributed by atoms with Gasteiger partial charge in [-0.25, -0.2) is 0 Å². The molecule has 0 heterocycles. The van der Waals surface area contributed by atoms with E-state index in [9.17, 15) is 0 Å². The van der Waals surface area contributed by atoms with Gasteiger partial charge in [-0.05, 0) is 30.4 Å². The SMILES string of the molecule is Cc1ccccc1OP(O)(=S)S. The van der Waals surface area contributed by atoms with Gasteiger partial charge in [0.1, 0.15) is 5.75 Å². The highest BCUT2D eigenvalue weighted by Crippen LogP contribution is 2.47. The van der Waals surface area contributed by atoms with Gasteiger partial charge in [0.2, 0.25) is 0 Å². The summed E-state index contributed by atoms with van der Waals surface area (Å²) in [7, 11) is 0. The van der Waals surface area contributed by atoms with Crippen LogP contribution in [0.2, 0.25) is 0 Å². The van der Waals surface area contributed by atoms with Gasteiger partial charge in [-0.15, -0.1) is 0 Å². The summed E-state index contributed by atoms with van der Waals surface area (Å²) in [6.07, 6.45) is 0. The highest BCUT2D eigenvalue weighted by molar-refractivity contribution is 8.59. The average Bonchev–Trinajstić information content (AvgIpc) is 1.91. The zero-order valence-electron chi connectivity index (χ0n) is 6.47. The maximum Gasteiger partial charge on any atom is 0.291 e. The lowest BCUT2D eigenvalue weighted by Crippen LogP contribution is -1.87. The van der Waals surface area contributed by atoms with Crippen molar-refractivity contribution < 1.29 is 9.42 Å². The normalized spacial score (nSPS) is 15.2. The van der Waals surface area contributed by atoms with E-state index in [-0.39, 0.29) is 0 Å². The summed E-state index contributed by atoms with van der Waals surface area (Å²) in [5.41, 5.74) is -1.95. The Balaban J connectivity index is 2.90. The van der Waals surface area contributed by atoms with Crippen molar-refractivity contribution in [3.8, 4) is 5.75 Å². The third kappa shape index (κ3) is 3.15. The van der Waals surface area contributed by atoms with Crippen LogP contribution in [-0.2, 0) is 11.8 Å². The maximum absolute atomic E-state index is 9.16. The Hall–Kier alpha value is -0.0200. The lowest BCUT2D eigenvalue weighted by atomic mass is 10.2. The quantitative estimate of drug-likeness (QED) is 0.593. The van der Waals surface area contributed by atoms with Crippen molar-refractivity contribution in [2.75, 3.05) is 0 Å². The van der Waals surface area contributed by atoms with E-state index in [1.54, 1.807) is 6.07 Å². The smallest absolute Gasteiger partial charge is 0.291 e. The molecule has 1 N–H and O–H groups in total. The van der Waals surface area contributed by atoms with Crippen LogP contribution in [0.25, 0.3) is 0 Å². The fourth-order valence-corrected chi connectivity index (χ4v) is 1.75. The molecule has 1 rings (SSSR count). The highest BCUT2D eigenvalue weighted by atomic mass is 32.9. The van der Waals surface area contributed by atoms with Crippen molar-refractivity contribution in [1.82, 2.24) is 0 Å². The lowest BCUT2D eigenvalue weighted by Gasteiger charge is -2.12. The van der Waals surface area contributed by atoms with Crippen LogP contribution in [-0.4, -0.2) is 4.89 Å². The van der Waals surface area contributed by atoms with E-state index >= 15 is 0 Å². The second kappa shape index (κ2) is 3.79. The van der Waals surface area contributed by atoms with Crippen LogP contribution in [0.5, 0.6) is 5.75 Å². The molecular formula is C7H9O2PS2. The van der Waals surface area contributed by atoms with E-state index in [1.807, 2.05) is 25.1 Å². The van der Waals surface area contributed by atoms with Gasteiger partial charge in [-0.1, -0.05) is 30.4 Å². The summed E-state index contributed by atoms with van der Waals surface area (Å²) in [6.45, 7) is 1.88. The first-order valence-electron chi connectivity index (χ1n) is 3.30. The molecule has 0 aromatic heterocycles. The van der Waals surface area contributed by atoms with Gasteiger partial charge in [0.15, 0.2) is 0 Å². The van der Waals surface area contributed by atoms with Crippen molar-refractivity contribution in [3.05, 3.63) is 29.8 Å². The first-order chi connectivity index (χ1) is 5.49. The Morgan fingerprint density at radius 2 is 2.08 bits per heavy atom. The molecule has 1 aromatic rings. The Labute approximate surface area is 81.9 Å². The minimum atomic E-state index is -2.89. The second-order valence-corrected chi connectivity index (χ2v) is 7.43. The van der Waals surface area contributed by atoms with Crippen LogP contribution in [0.15, 0.2) is 24.3 Å². The third-order valence-corrected chi connectivity index (χ3v) is 2.21. The molecule has 0 radical (unpaired) electrons. The fourth-order valence-electron chi connectivity index (χ4n) is 0.787. The van der Waals surface area contributed by atoms with Crippen LogP contribution < -0.4 is 4.52 Å². The van der Waals surface area contributed by atoms with Crippen molar-refractivity contribution in [2.24, 2.45) is 0 Å². The van der Waals surface area contributed by atoms with Crippen molar-refractivity contribution >= 4 is 29.7 Å². The fraction of sp³-hybridized carbons (Fsp3) is 0.143. The number of rotatable bonds is 2. The van der Waals surface area contributed by atoms with Crippen LogP contribution in [0, 0.1) is 6.92 Å². The molecule has 1 unspecified atom stereocenters. The average molecular weight is 220 g/mol. The standard InChI is InChI=1S/C7H9O2PS2/c1-6-4-2-3-5-7(6)9-10(8,11)12/h2-5H,1H3,(H2,8,11,12). The maximum atomic E-state index is 9.16. The van der Waals surface area contributed by atoms with Crippen LogP contribution in [0.1, 0.15) is 5.56 Å². The van der Waals surface area contributed by atoms with Gasteiger partial charge < -0.3 is 9.42 Å². The summed E-state index contributed by atoms with van der Waals surface area (Å²) in [5.74, 6) is 0.596. The van der Waals surface area contributed by atoms with E-state index in [0.717, 1.165) is 5.56 Å². The Morgan fingerprint density at radius 3 is 2.58 bits per heavy atom. The zero-order valence-corrected chi connectivity index (χ0v) is 9.07. The Bertz CT molecular complexity index is 321. The van der Waals surface area contributed by atoms with Gasteiger partial charge in [0, 0.05) is 0 Å². The van der Waals surface area contributed by atoms with Crippen LogP contribution in [0.3, 0.4) is 0 Å². The van der Waals surface area contributed by atoms with Crippen LogP contribution in [0.4, 0.5) is 0 Å². The molecule has 2 nitrogen and oxygen atoms in total. The van der Waals surface area contributed by atoms with Crippen molar-refractivity contribution in [2.45, 2.75) is 6.92 Å². The first-order valence-corrected chi connectivity index (χ1v) is 7.12. The molecule has 0 spiro atoms. The predicted molar refractivity (Wildman–Crippen MR) is 57.3 cm³/mol. The van der Waals surface area contributed by atoms with Gasteiger partial charge in [0.05, 0.1) is 0 Å². The van der Waals surface area contributed by atoms with E-state index in [2.05, 4.69) is 24.1 Å². The molecule has 0 aliphatic carbocycles. The van der Waals surface area contributed by atoms with E-state index in [1.165, 1.54) is 0 Å². The topological polar surface area (TPSA) is 29.5 Å². The molecule has 0 amide bonds. The molecule has 0 saturated carbocycles. The molecule has 0 aliphatic heterocycles. The number of benzene rings is 1. The van der Waals surface area contributed by atoms with Gasteiger partial charge in [-0.3, -0.25) is 0 Å². The van der Waals surface area contributed by atoms with Gasteiger partial charge in [0.25, 0.3) is 5.69 Å². The Kier molecular flexibility index (Phi) is 3.18. The minimum absolute atomic E-state index is 0.596. The first kappa shape index (κ1) is 10.1.